The molecule has 7 aliphatic heterocycles. The number of amides is 5. The van der Waals surface area contributed by atoms with Crippen LogP contribution in [-0.2, 0) is 39.9 Å². The minimum Gasteiger partial charge on any atom is -0.478 e. The second-order valence-electron chi connectivity index (χ2n) is 30.3. The van der Waals surface area contributed by atoms with E-state index in [1.807, 2.05) is 123 Å². The molecule has 7 heterocycles. The number of carbonyl (C=O) groups is 7. The van der Waals surface area contributed by atoms with Gasteiger partial charge in [-0.3, -0.25) is 44.3 Å². The number of benzene rings is 6. The number of nitrogens with one attached hydrogen (secondary N) is 2. The van der Waals surface area contributed by atoms with Gasteiger partial charge in [0.2, 0.25) is 0 Å². The van der Waals surface area contributed by atoms with Crippen LogP contribution in [0.15, 0.2) is 141 Å². The molecule has 0 saturated carbocycles. The highest BCUT2D eigenvalue weighted by Crippen LogP contribution is 2.35. The van der Waals surface area contributed by atoms with Crippen LogP contribution in [0, 0.1) is 0 Å². The van der Waals surface area contributed by atoms with Crippen LogP contribution in [0.1, 0.15) is 148 Å². The van der Waals surface area contributed by atoms with Crippen molar-refractivity contribution < 1.29 is 58.0 Å². The van der Waals surface area contributed by atoms with Gasteiger partial charge < -0.3 is 55.5 Å². The topological polar surface area (TPSA) is 307 Å². The van der Waals surface area contributed by atoms with Gasteiger partial charge in [0, 0.05) is 155 Å². The number of hydrogen-bond donors (Lipinski definition) is 5. The van der Waals surface area contributed by atoms with Crippen molar-refractivity contribution in [2.45, 2.75) is 105 Å². The minimum atomic E-state index is -0.940. The molecule has 0 unspecified atom stereocenters. The second-order valence-corrected chi connectivity index (χ2v) is 30.3. The SMILES string of the molecule is CC(C)(C)OC(=O)N1CCN(CCN)CC1.CC(C)(C)OC(=O)N1CCN(CCNC(=O)c2ccc3c(c2)CC(c2ccc(C4=Nc5ccc(C(=O)NCCN6CCN(C(=O)OC(C)(C)C)CC6)cc5C4)cc2)=N3)CC1.O=C(O)c1ccc2c(c1)CC(c1ccc(C3=Nc4ccc(C(=O)O)cc4C3)cc1)=N2. The maximum atomic E-state index is 13.1. The maximum absolute atomic E-state index is 13.1. The van der Waals surface area contributed by atoms with E-state index in [4.69, 9.17) is 40.1 Å². The van der Waals surface area contributed by atoms with Gasteiger partial charge in [0.1, 0.15) is 16.8 Å². The Morgan fingerprint density at radius 1 is 0.368 bits per heavy atom. The first-order valence-corrected chi connectivity index (χ1v) is 36.3. The molecule has 6 aromatic carbocycles. The molecule has 0 atom stereocenters. The summed E-state index contributed by atoms with van der Waals surface area (Å²) in [5.41, 5.74) is 20.8. The van der Waals surface area contributed by atoms with E-state index in [1.54, 1.807) is 51.1 Å². The van der Waals surface area contributed by atoms with E-state index in [0.29, 0.717) is 95.7 Å². The number of nitrogens with zero attached hydrogens (tertiary/aromatic N) is 10. The molecule has 5 amide bonds. The summed E-state index contributed by atoms with van der Waals surface area (Å²) in [6.07, 6.45) is 1.71. The second kappa shape index (κ2) is 33.3. The molecular formula is C81H97N13O12. The van der Waals surface area contributed by atoms with Crippen LogP contribution in [0.4, 0.5) is 37.1 Å². The predicted molar refractivity (Wildman–Crippen MR) is 409 cm³/mol. The Balaban J connectivity index is 0.000000199. The molecule has 7 aliphatic rings. The first kappa shape index (κ1) is 76.7. The highest BCUT2D eigenvalue weighted by atomic mass is 16.6. The van der Waals surface area contributed by atoms with Crippen molar-refractivity contribution >= 4 is 87.6 Å². The molecule has 106 heavy (non-hydrogen) atoms. The van der Waals surface area contributed by atoms with Crippen molar-refractivity contribution in [3.63, 3.8) is 0 Å². The van der Waals surface area contributed by atoms with Crippen molar-refractivity contribution in [1.82, 2.24) is 40.0 Å². The van der Waals surface area contributed by atoms with Gasteiger partial charge >= 0.3 is 30.2 Å². The van der Waals surface area contributed by atoms with Crippen LogP contribution >= 0.6 is 0 Å². The summed E-state index contributed by atoms with van der Waals surface area (Å²) < 4.78 is 16.3. The largest absolute Gasteiger partial charge is 0.478 e. The molecule has 3 saturated heterocycles. The fraction of sp³-hybridized carbons (Fsp3) is 0.420. The van der Waals surface area contributed by atoms with Crippen LogP contribution < -0.4 is 16.4 Å². The van der Waals surface area contributed by atoms with Crippen LogP contribution in [0.2, 0.25) is 0 Å². The molecule has 0 spiro atoms. The van der Waals surface area contributed by atoms with Crippen LogP contribution in [-0.4, -0.2) is 239 Å². The van der Waals surface area contributed by atoms with Gasteiger partial charge in [-0.05, 0) is 180 Å². The summed E-state index contributed by atoms with van der Waals surface area (Å²) >= 11 is 0. The smallest absolute Gasteiger partial charge is 0.410 e. The van der Waals surface area contributed by atoms with Crippen molar-refractivity contribution in [2.75, 3.05) is 118 Å². The van der Waals surface area contributed by atoms with Gasteiger partial charge in [-0.25, -0.2) is 24.0 Å². The number of aromatic carboxylic acids is 2. The summed E-state index contributed by atoms with van der Waals surface area (Å²) in [6.45, 7) is 29.5. The monoisotopic (exact) mass is 1440 g/mol. The van der Waals surface area contributed by atoms with E-state index in [2.05, 4.69) is 59.6 Å². The fourth-order valence-corrected chi connectivity index (χ4v) is 13.2. The number of hydrogen-bond acceptors (Lipinski definition) is 18. The van der Waals surface area contributed by atoms with Crippen LogP contribution in [0.5, 0.6) is 0 Å². The van der Waals surface area contributed by atoms with E-state index in [9.17, 15) is 33.6 Å². The Labute approximate surface area is 619 Å². The molecule has 0 aromatic heterocycles. The molecule has 0 radical (unpaired) electrons. The number of aliphatic imine (C=N–C) groups is 4. The van der Waals surface area contributed by atoms with Crippen molar-refractivity contribution in [1.29, 1.82) is 0 Å². The molecular weight excluding hydrogens is 1350 g/mol. The highest BCUT2D eigenvalue weighted by Gasteiger charge is 2.31. The van der Waals surface area contributed by atoms with Gasteiger partial charge in [-0.1, -0.05) is 48.5 Å². The zero-order valence-electron chi connectivity index (χ0n) is 62.1. The van der Waals surface area contributed by atoms with Gasteiger partial charge in [0.25, 0.3) is 11.8 Å². The Hall–Kier alpha value is -10.5. The molecule has 558 valence electrons. The van der Waals surface area contributed by atoms with Crippen molar-refractivity contribution in [2.24, 2.45) is 25.7 Å². The van der Waals surface area contributed by atoms with E-state index >= 15 is 0 Å². The van der Waals surface area contributed by atoms with E-state index < -0.39 is 28.7 Å². The fourth-order valence-electron chi connectivity index (χ4n) is 13.2. The lowest BCUT2D eigenvalue weighted by Gasteiger charge is -2.35. The normalized spacial score (nSPS) is 16.4. The highest BCUT2D eigenvalue weighted by molar-refractivity contribution is 6.12. The lowest BCUT2D eigenvalue weighted by Crippen LogP contribution is -2.51. The third-order valence-electron chi connectivity index (χ3n) is 18.8. The van der Waals surface area contributed by atoms with Gasteiger partial charge in [0.15, 0.2) is 0 Å². The zero-order valence-corrected chi connectivity index (χ0v) is 62.1. The Morgan fingerprint density at radius 2 is 0.613 bits per heavy atom. The van der Waals surface area contributed by atoms with Crippen molar-refractivity contribution in [3.05, 3.63) is 188 Å². The molecule has 6 aromatic rings. The molecule has 25 nitrogen and oxygen atoms in total. The first-order valence-electron chi connectivity index (χ1n) is 36.3. The Morgan fingerprint density at radius 3 is 0.858 bits per heavy atom. The standard InChI is InChI=1S/C46H58N8O6.C24H16N2O4.C11H23N3O2/c1-45(2,3)59-43(57)53-23-19-51(20-24-53)17-15-47-41(55)33-11-13-37-35(27-33)29-39(49-37)31-7-9-32(10-8-31)40-30-36-28-34(12-14-38(36)50-40)42(56)48-16-18-52-21-25-54(26-22-52)44(58)60-46(4,5)6;27-23(28)15-5-7-19-17(9-15)11-21(25-19)13-1-2-14(4-3-13)22-12-18-10-16(24(29)30)6-8-20(18)26-22;1-11(2,3)16-10(15)14-8-6-13(5-4-12)7-9-14/h7-14,27-28H,15-26,29-30H2,1-6H3,(H,47,55)(H,48,56);1-10H,11-12H2,(H,27,28)(H,29,30);4-9,12H2,1-3H3. The maximum Gasteiger partial charge on any atom is 0.410 e. The average molecular weight is 1440 g/mol. The molecule has 0 aliphatic carbocycles. The third-order valence-corrected chi connectivity index (χ3v) is 18.8. The number of piperazine rings is 3. The summed E-state index contributed by atoms with van der Waals surface area (Å²) in [4.78, 5) is 116. The lowest BCUT2D eigenvalue weighted by atomic mass is 9.98. The van der Waals surface area contributed by atoms with Gasteiger partial charge in [-0.2, -0.15) is 0 Å². The molecule has 3 fully saturated rings. The summed E-state index contributed by atoms with van der Waals surface area (Å²) in [6, 6.07) is 37.6. The number of carbonyl (C=O) groups excluding carboxylic acids is 5. The lowest BCUT2D eigenvalue weighted by molar-refractivity contribution is 0.0137. The summed E-state index contributed by atoms with van der Waals surface area (Å²) in [5.74, 6) is -2.11. The van der Waals surface area contributed by atoms with Gasteiger partial charge in [-0.15, -0.1) is 0 Å². The molecule has 0 bridgehead atoms. The van der Waals surface area contributed by atoms with E-state index in [0.717, 1.165) is 149 Å². The average Bonchev–Trinajstić information content (AvgIpc) is 1.66. The summed E-state index contributed by atoms with van der Waals surface area (Å²) in [7, 11) is 0. The van der Waals surface area contributed by atoms with Crippen LogP contribution in [0.3, 0.4) is 0 Å². The quantitative estimate of drug-likeness (QED) is 0.0563. The molecule has 25 heteroatoms. The molecule has 6 N–H and O–H groups in total. The van der Waals surface area contributed by atoms with Crippen molar-refractivity contribution in [3.8, 4) is 0 Å². The Bertz CT molecular complexity index is 4160. The molecule has 13 rings (SSSR count). The van der Waals surface area contributed by atoms with E-state index in [-0.39, 0.29) is 41.2 Å². The first-order chi connectivity index (χ1) is 50.5. The zero-order chi connectivity index (χ0) is 75.6. The van der Waals surface area contributed by atoms with Gasteiger partial charge in [0.05, 0.1) is 56.7 Å². The number of fused-ring (bicyclic) bond motifs is 4. The predicted octanol–water partition coefficient (Wildman–Crippen LogP) is 10.5. The Kier molecular flexibility index (Phi) is 24.1. The number of rotatable bonds is 16. The number of carboxylic acids is 2. The summed E-state index contributed by atoms with van der Waals surface area (Å²) in [5, 5.41) is 24.4. The number of ether oxygens (including phenoxy) is 3. The number of carboxylic acid groups (broad SMARTS) is 2. The third kappa shape index (κ3) is 20.5. The van der Waals surface area contributed by atoms with Crippen LogP contribution in [0.25, 0.3) is 0 Å². The van der Waals surface area contributed by atoms with E-state index in [1.165, 1.54) is 0 Å². The minimum absolute atomic E-state index is 0.113. The number of nitrogens with two attached hydrogens (primary N) is 1.